The van der Waals surface area contributed by atoms with Crippen LogP contribution in [0.1, 0.15) is 101 Å². The van der Waals surface area contributed by atoms with Crippen LogP contribution in [0.25, 0.3) is 11.3 Å². The topological polar surface area (TPSA) is 189 Å². The first kappa shape index (κ1) is 47.7. The summed E-state index contributed by atoms with van der Waals surface area (Å²) in [4.78, 5) is 56.5. The van der Waals surface area contributed by atoms with Crippen LogP contribution in [-0.2, 0) is 39.9 Å². The van der Waals surface area contributed by atoms with Crippen LogP contribution in [0.2, 0.25) is 5.82 Å². The maximum Gasteiger partial charge on any atom is 0.410 e. The van der Waals surface area contributed by atoms with Crippen LogP contribution in [-0.4, -0.2) is 119 Å². The Labute approximate surface area is 351 Å². The number of esters is 2. The van der Waals surface area contributed by atoms with Crippen molar-refractivity contribution in [2.75, 3.05) is 32.5 Å². The van der Waals surface area contributed by atoms with Gasteiger partial charge in [-0.15, -0.1) is 5.10 Å². The molecule has 3 heterocycles. The normalized spacial score (nSPS) is 30.5. The molecule has 2 aromatic rings. The maximum atomic E-state index is 14.1. The first-order valence-corrected chi connectivity index (χ1v) is 21.4. The quantitative estimate of drug-likeness (QED) is 0.0637. The molecule has 59 heavy (non-hydrogen) atoms. The van der Waals surface area contributed by atoms with E-state index in [0.717, 1.165) is 11.3 Å². The number of nitrogens with two attached hydrogens (primary N) is 1. The molecule has 2 aliphatic rings. The standard InChI is InChI=1S/C43H70BN7O8/c1-12-34-43(10)37(51(40(55)59-43)21-14-13-20-50-25-33(48-49-50)30-16-15-17-31(45)22-30)32(18-19-46-29(5)39(54)58-41(6,7)8)47-24-26(2)23-42(9,56-11)36(44)27(3)35(52)28(4)38(53)57-34/h15-17,22,25-29,32,34,36-37,46-47H,12-14,18-21,23-24,44-45H2,1-11H3/t26-,27+,28-,29-,32-,34-,36-,37-,42-,43-/m1/s1. The Morgan fingerprint density at radius 3 is 2.49 bits per heavy atom. The van der Waals surface area contributed by atoms with Gasteiger partial charge >= 0.3 is 18.0 Å². The minimum atomic E-state index is -1.29. The third-order valence-corrected chi connectivity index (χ3v) is 12.4. The summed E-state index contributed by atoms with van der Waals surface area (Å²) < 4.78 is 26.1. The number of nitrogens with one attached hydrogen (secondary N) is 2. The SMILES string of the molecule is B[C@@H]1[C@@H](C)C(=O)[C@@H](C)C(=O)O[C@H](CC)[C@@]2(C)OC(=O)N(CCCCn3cc(-c4cccc(N)c4)nn3)[C@@H]2[C@@H](CCN[C@H](C)C(=O)OC(C)(C)C)NC[C@H](C)C[C@@]1(C)OC. The van der Waals surface area contributed by atoms with Crippen LogP contribution in [0.3, 0.4) is 0 Å². The van der Waals surface area contributed by atoms with E-state index in [-0.39, 0.29) is 29.5 Å². The number of carbonyl (C=O) groups is 4. The van der Waals surface area contributed by atoms with Crippen molar-refractivity contribution in [3.05, 3.63) is 30.5 Å². The van der Waals surface area contributed by atoms with E-state index in [1.807, 2.05) is 86.8 Å². The number of hydrogen-bond acceptors (Lipinski definition) is 13. The van der Waals surface area contributed by atoms with Crippen LogP contribution in [0.4, 0.5) is 10.5 Å². The number of benzene rings is 1. The Balaban J connectivity index is 1.66. The molecule has 1 amide bonds. The minimum Gasteiger partial charge on any atom is -0.459 e. The van der Waals surface area contributed by atoms with Crippen molar-refractivity contribution in [1.82, 2.24) is 30.5 Å². The summed E-state index contributed by atoms with van der Waals surface area (Å²) in [5, 5.41) is 15.8. The molecule has 328 valence electrons. The molecule has 2 saturated heterocycles. The number of cyclic esters (lactones) is 1. The van der Waals surface area contributed by atoms with E-state index in [9.17, 15) is 19.2 Å². The highest BCUT2D eigenvalue weighted by molar-refractivity contribution is 6.15. The predicted octanol–water partition coefficient (Wildman–Crippen LogP) is 4.58. The summed E-state index contributed by atoms with van der Waals surface area (Å²) >= 11 is 0. The van der Waals surface area contributed by atoms with E-state index >= 15 is 0 Å². The van der Waals surface area contributed by atoms with Gasteiger partial charge in [-0.25, -0.2) is 4.79 Å². The Kier molecular flexibility index (Phi) is 16.2. The highest BCUT2D eigenvalue weighted by Crippen LogP contribution is 2.41. The molecule has 4 N–H and O–H groups in total. The van der Waals surface area contributed by atoms with Crippen LogP contribution >= 0.6 is 0 Å². The number of anilines is 1. The molecule has 0 spiro atoms. The van der Waals surface area contributed by atoms with Gasteiger partial charge in [-0.1, -0.05) is 38.1 Å². The largest absolute Gasteiger partial charge is 0.459 e. The molecule has 2 aliphatic heterocycles. The number of aryl methyl sites for hydroxylation is 1. The average Bonchev–Trinajstić information content (AvgIpc) is 3.75. The lowest BCUT2D eigenvalue weighted by atomic mass is 9.62. The summed E-state index contributed by atoms with van der Waals surface area (Å²) in [5.74, 6) is -2.87. The van der Waals surface area contributed by atoms with Crippen LogP contribution < -0.4 is 16.4 Å². The molecule has 0 bridgehead atoms. The van der Waals surface area contributed by atoms with Gasteiger partial charge in [0.2, 0.25) is 0 Å². The first-order valence-electron chi connectivity index (χ1n) is 21.4. The Hall–Kier alpha value is -4.02. The number of rotatable bonds is 13. The number of fused-ring (bicyclic) bond motifs is 1. The summed E-state index contributed by atoms with van der Waals surface area (Å²) in [7, 11) is 3.67. The zero-order valence-corrected chi connectivity index (χ0v) is 37.5. The lowest BCUT2D eigenvalue weighted by molar-refractivity contribution is -0.170. The first-order chi connectivity index (χ1) is 27.6. The van der Waals surface area contributed by atoms with E-state index in [0.29, 0.717) is 64.0 Å². The second kappa shape index (κ2) is 20.0. The van der Waals surface area contributed by atoms with Gasteiger partial charge < -0.3 is 35.3 Å². The van der Waals surface area contributed by atoms with Crippen molar-refractivity contribution in [1.29, 1.82) is 0 Å². The van der Waals surface area contributed by atoms with Crippen molar-refractivity contribution in [2.45, 2.75) is 155 Å². The smallest absolute Gasteiger partial charge is 0.410 e. The lowest BCUT2D eigenvalue weighted by Crippen LogP contribution is -2.62. The van der Waals surface area contributed by atoms with Crippen LogP contribution in [0.15, 0.2) is 30.5 Å². The summed E-state index contributed by atoms with van der Waals surface area (Å²) in [6.07, 6.45) is 3.29. The van der Waals surface area contributed by atoms with Gasteiger partial charge in [0.15, 0.2) is 5.60 Å². The fourth-order valence-corrected chi connectivity index (χ4v) is 8.63. The molecule has 10 atom stereocenters. The predicted molar refractivity (Wildman–Crippen MR) is 229 cm³/mol. The Morgan fingerprint density at radius 1 is 1.15 bits per heavy atom. The molecule has 0 aliphatic carbocycles. The number of unbranched alkanes of at least 4 members (excludes halogenated alkanes) is 1. The number of nitrogens with zero attached hydrogens (tertiary/aromatic N) is 4. The van der Waals surface area contributed by atoms with Crippen molar-refractivity contribution in [2.24, 2.45) is 17.8 Å². The monoisotopic (exact) mass is 824 g/mol. The van der Waals surface area contributed by atoms with E-state index in [1.165, 1.54) is 0 Å². The number of ketones is 1. The molecular formula is C43H70BN7O8. The average molecular weight is 824 g/mol. The van der Waals surface area contributed by atoms with E-state index in [4.69, 9.17) is 24.7 Å². The fraction of sp³-hybridized carbons (Fsp3) is 0.721. The second-order valence-electron chi connectivity index (χ2n) is 18.3. The van der Waals surface area contributed by atoms with Gasteiger partial charge in [0.25, 0.3) is 0 Å². The van der Waals surface area contributed by atoms with E-state index in [2.05, 4.69) is 27.9 Å². The molecule has 0 unspecified atom stereocenters. The number of Topliss-reactive ketones (excluding diaryl/α,β-unsaturated/α-hetero) is 1. The summed E-state index contributed by atoms with van der Waals surface area (Å²) in [5.41, 5.74) is 5.63. The van der Waals surface area contributed by atoms with Crippen LogP contribution in [0, 0.1) is 17.8 Å². The van der Waals surface area contributed by atoms with Gasteiger partial charge in [-0.2, -0.15) is 0 Å². The third kappa shape index (κ3) is 11.8. The molecule has 1 aromatic carbocycles. The number of amides is 1. The molecule has 1 aromatic heterocycles. The number of aromatic nitrogens is 3. The second-order valence-corrected chi connectivity index (χ2v) is 18.3. The van der Waals surface area contributed by atoms with Gasteiger partial charge in [-0.3, -0.25) is 24.0 Å². The zero-order valence-electron chi connectivity index (χ0n) is 37.5. The Bertz CT molecular complexity index is 1750. The van der Waals surface area contributed by atoms with Crippen LogP contribution in [0.5, 0.6) is 0 Å². The van der Waals surface area contributed by atoms with Crippen molar-refractivity contribution < 1.29 is 38.1 Å². The van der Waals surface area contributed by atoms with Gasteiger partial charge in [0.05, 0.1) is 17.8 Å². The lowest BCUT2D eigenvalue weighted by Gasteiger charge is -2.42. The van der Waals surface area contributed by atoms with Crippen molar-refractivity contribution in [3.63, 3.8) is 0 Å². The van der Waals surface area contributed by atoms with E-state index in [1.54, 1.807) is 30.5 Å². The number of hydrogen-bond donors (Lipinski definition) is 3. The van der Waals surface area contributed by atoms with Crippen molar-refractivity contribution >= 4 is 37.3 Å². The highest BCUT2D eigenvalue weighted by Gasteiger charge is 2.59. The van der Waals surface area contributed by atoms with Gasteiger partial charge in [0.1, 0.15) is 43.0 Å². The zero-order chi connectivity index (χ0) is 43.9. The minimum absolute atomic E-state index is 0.0841. The molecule has 0 radical (unpaired) electrons. The number of methoxy groups -OCH3 is 1. The number of nitrogen functional groups attached to an aromatic ring is 1. The van der Waals surface area contributed by atoms with E-state index < -0.39 is 58.9 Å². The van der Waals surface area contributed by atoms with Crippen molar-refractivity contribution in [3.8, 4) is 11.3 Å². The highest BCUT2D eigenvalue weighted by atomic mass is 16.6. The molecular weight excluding hydrogens is 753 g/mol. The summed E-state index contributed by atoms with van der Waals surface area (Å²) in [6, 6.07) is 5.94. The number of ether oxygens (including phenoxy) is 4. The Morgan fingerprint density at radius 2 is 1.85 bits per heavy atom. The molecule has 15 nitrogen and oxygen atoms in total. The fourth-order valence-electron chi connectivity index (χ4n) is 8.63. The molecule has 16 heteroatoms. The molecule has 4 rings (SSSR count). The third-order valence-electron chi connectivity index (χ3n) is 12.4. The number of carbonyl (C=O) groups excluding carboxylic acids is 4. The maximum absolute atomic E-state index is 14.1. The molecule has 2 fully saturated rings. The summed E-state index contributed by atoms with van der Waals surface area (Å²) in [6.45, 7) is 20.5. The molecule has 0 saturated carbocycles. The van der Waals surface area contributed by atoms with Gasteiger partial charge in [-0.05, 0) is 118 Å². The van der Waals surface area contributed by atoms with Gasteiger partial charge in [0, 0.05) is 43.4 Å².